The van der Waals surface area contributed by atoms with Crippen LogP contribution in [0, 0.1) is 5.92 Å². The summed E-state index contributed by atoms with van der Waals surface area (Å²) in [5, 5.41) is 3.06. The highest BCUT2D eigenvalue weighted by Crippen LogP contribution is 2.47. The number of hydrogen-bond donors (Lipinski definition) is 1. The molecule has 3 rings (SSSR count). The quantitative estimate of drug-likeness (QED) is 0.915. The summed E-state index contributed by atoms with van der Waals surface area (Å²) in [7, 11) is 0. The van der Waals surface area contributed by atoms with Gasteiger partial charge in [0, 0.05) is 16.6 Å². The van der Waals surface area contributed by atoms with E-state index >= 15 is 0 Å². The molecule has 21 heavy (non-hydrogen) atoms. The van der Waals surface area contributed by atoms with E-state index in [1.165, 1.54) is 5.56 Å². The van der Waals surface area contributed by atoms with Gasteiger partial charge in [0.05, 0.1) is 11.7 Å². The number of nitrogens with zero attached hydrogens (tertiary/aromatic N) is 1. The topological polar surface area (TPSA) is 42.0 Å². The molecule has 1 fully saturated rings. The van der Waals surface area contributed by atoms with Crippen LogP contribution < -0.4 is 5.32 Å². The first kappa shape index (κ1) is 14.3. The van der Waals surface area contributed by atoms with Crippen molar-refractivity contribution < 1.29 is 4.79 Å². The lowest BCUT2D eigenvalue weighted by Gasteiger charge is -2.13. The van der Waals surface area contributed by atoms with Crippen molar-refractivity contribution in [2.45, 2.75) is 25.3 Å². The van der Waals surface area contributed by atoms with E-state index in [1.54, 1.807) is 6.20 Å². The third-order valence-electron chi connectivity index (χ3n) is 3.92. The van der Waals surface area contributed by atoms with Crippen LogP contribution in [0.4, 0.5) is 0 Å². The molecule has 4 heteroatoms. The number of hydrogen-bond acceptors (Lipinski definition) is 2. The Hall–Kier alpha value is -1.68. The van der Waals surface area contributed by atoms with Crippen LogP contribution in [0.1, 0.15) is 36.6 Å². The summed E-state index contributed by atoms with van der Waals surface area (Å²) in [5.41, 5.74) is 2.13. The molecule has 0 bridgehead atoms. The fraction of sp³-hybridized carbons (Fsp3) is 0.294. The van der Waals surface area contributed by atoms with Crippen LogP contribution in [0.25, 0.3) is 0 Å². The van der Waals surface area contributed by atoms with Crippen LogP contribution in [-0.2, 0) is 4.79 Å². The number of carbonyl (C=O) groups is 1. The van der Waals surface area contributed by atoms with Crippen LogP contribution in [0.2, 0.25) is 0 Å². The lowest BCUT2D eigenvalue weighted by Crippen LogP contribution is -2.28. The third kappa shape index (κ3) is 3.32. The number of halogens is 1. The molecule has 1 heterocycles. The first-order valence-electron chi connectivity index (χ1n) is 7.12. The molecule has 0 saturated heterocycles. The summed E-state index contributed by atoms with van der Waals surface area (Å²) >= 11 is 3.43. The summed E-state index contributed by atoms with van der Waals surface area (Å²) in [6.45, 7) is 1.97. The number of pyridine rings is 1. The summed E-state index contributed by atoms with van der Waals surface area (Å²) in [5.74, 6) is 0.576. The Morgan fingerprint density at radius 1 is 1.29 bits per heavy atom. The molecular weight excluding hydrogens is 328 g/mol. The van der Waals surface area contributed by atoms with Gasteiger partial charge in [-0.25, -0.2) is 0 Å². The van der Waals surface area contributed by atoms with E-state index in [4.69, 9.17) is 0 Å². The predicted octanol–water partition coefficient (Wildman–Crippen LogP) is 3.83. The normalized spacial score (nSPS) is 21.6. The summed E-state index contributed by atoms with van der Waals surface area (Å²) in [6, 6.07) is 13.9. The number of benzene rings is 1. The Bertz CT molecular complexity index is 627. The van der Waals surface area contributed by atoms with Crippen molar-refractivity contribution in [3.8, 4) is 0 Å². The second-order valence-corrected chi connectivity index (χ2v) is 6.40. The highest BCUT2D eigenvalue weighted by molar-refractivity contribution is 9.10. The maximum atomic E-state index is 12.3. The molecule has 0 aliphatic heterocycles. The highest BCUT2D eigenvalue weighted by atomic mass is 79.9. The zero-order chi connectivity index (χ0) is 14.8. The van der Waals surface area contributed by atoms with Gasteiger partial charge in [-0.05, 0) is 49.1 Å². The smallest absolute Gasteiger partial charge is 0.224 e. The summed E-state index contributed by atoms with van der Waals surface area (Å²) in [4.78, 5) is 16.6. The standard InChI is InChI=1S/C17H17BrN2O/c1-11(16-4-2-3-9-19-16)20-17(21)15-10-14(15)12-5-7-13(18)8-6-12/h2-9,11,14-15H,10H2,1H3,(H,20,21)/t11-,14-,15-/m0/s1. The van der Waals surface area contributed by atoms with Gasteiger partial charge in [-0.3, -0.25) is 9.78 Å². The highest BCUT2D eigenvalue weighted by Gasteiger charge is 2.44. The maximum absolute atomic E-state index is 12.3. The van der Waals surface area contributed by atoms with Crippen molar-refractivity contribution in [1.29, 1.82) is 0 Å². The van der Waals surface area contributed by atoms with Crippen molar-refractivity contribution >= 4 is 21.8 Å². The second kappa shape index (κ2) is 5.98. The van der Waals surface area contributed by atoms with Gasteiger partial charge in [-0.2, -0.15) is 0 Å². The van der Waals surface area contributed by atoms with Crippen LogP contribution in [-0.4, -0.2) is 10.9 Å². The first-order valence-corrected chi connectivity index (χ1v) is 7.91. The molecule has 3 nitrogen and oxygen atoms in total. The Morgan fingerprint density at radius 3 is 2.71 bits per heavy atom. The van der Waals surface area contributed by atoms with Gasteiger partial charge in [-0.15, -0.1) is 0 Å². The van der Waals surface area contributed by atoms with Crippen molar-refractivity contribution in [2.24, 2.45) is 5.92 Å². The Kier molecular flexibility index (Phi) is 4.06. The molecule has 0 unspecified atom stereocenters. The fourth-order valence-corrected chi connectivity index (χ4v) is 2.85. The maximum Gasteiger partial charge on any atom is 0.224 e. The Morgan fingerprint density at radius 2 is 2.05 bits per heavy atom. The monoisotopic (exact) mass is 344 g/mol. The SMILES string of the molecule is C[C@H](NC(=O)[C@H]1C[C@H]1c1ccc(Br)cc1)c1ccccn1. The van der Waals surface area contributed by atoms with Crippen LogP contribution in [0.15, 0.2) is 53.1 Å². The zero-order valence-electron chi connectivity index (χ0n) is 11.8. The minimum atomic E-state index is -0.0510. The average Bonchev–Trinajstić information content (AvgIpc) is 3.29. The fourth-order valence-electron chi connectivity index (χ4n) is 2.59. The van der Waals surface area contributed by atoms with Gasteiger partial charge < -0.3 is 5.32 Å². The molecule has 1 aromatic carbocycles. The molecule has 1 aromatic heterocycles. The van der Waals surface area contributed by atoms with E-state index in [2.05, 4.69) is 38.4 Å². The molecule has 1 aliphatic carbocycles. The molecule has 1 aliphatic rings. The predicted molar refractivity (Wildman–Crippen MR) is 85.8 cm³/mol. The van der Waals surface area contributed by atoms with Crippen molar-refractivity contribution in [3.63, 3.8) is 0 Å². The number of amides is 1. The lowest BCUT2D eigenvalue weighted by atomic mass is 10.1. The molecule has 108 valence electrons. The average molecular weight is 345 g/mol. The van der Waals surface area contributed by atoms with E-state index in [1.807, 2.05) is 37.3 Å². The number of aromatic nitrogens is 1. The van der Waals surface area contributed by atoms with Gasteiger partial charge >= 0.3 is 0 Å². The van der Waals surface area contributed by atoms with Crippen molar-refractivity contribution in [1.82, 2.24) is 10.3 Å². The van der Waals surface area contributed by atoms with E-state index in [-0.39, 0.29) is 17.9 Å². The molecular formula is C17H17BrN2O. The molecule has 0 spiro atoms. The lowest BCUT2D eigenvalue weighted by molar-refractivity contribution is -0.123. The van der Waals surface area contributed by atoms with Gasteiger partial charge in [-0.1, -0.05) is 34.1 Å². The van der Waals surface area contributed by atoms with Crippen LogP contribution in [0.5, 0.6) is 0 Å². The number of rotatable bonds is 4. The van der Waals surface area contributed by atoms with Gasteiger partial charge in [0.15, 0.2) is 0 Å². The van der Waals surface area contributed by atoms with E-state index in [0.29, 0.717) is 5.92 Å². The van der Waals surface area contributed by atoms with E-state index in [9.17, 15) is 4.79 Å². The Labute approximate surface area is 132 Å². The first-order chi connectivity index (χ1) is 10.1. The minimum absolute atomic E-state index is 0.0510. The van der Waals surface area contributed by atoms with E-state index in [0.717, 1.165) is 16.6 Å². The molecule has 0 radical (unpaired) electrons. The summed E-state index contributed by atoms with van der Waals surface area (Å²) < 4.78 is 1.07. The van der Waals surface area contributed by atoms with Gasteiger partial charge in [0.25, 0.3) is 0 Å². The minimum Gasteiger partial charge on any atom is -0.348 e. The van der Waals surface area contributed by atoms with Crippen molar-refractivity contribution in [3.05, 3.63) is 64.4 Å². The largest absolute Gasteiger partial charge is 0.348 e. The number of nitrogens with one attached hydrogen (secondary N) is 1. The van der Waals surface area contributed by atoms with Crippen LogP contribution >= 0.6 is 15.9 Å². The molecule has 1 amide bonds. The summed E-state index contributed by atoms with van der Waals surface area (Å²) in [6.07, 6.45) is 2.68. The van der Waals surface area contributed by atoms with Gasteiger partial charge in [0.1, 0.15) is 0 Å². The molecule has 1 N–H and O–H groups in total. The third-order valence-corrected chi connectivity index (χ3v) is 4.44. The molecule has 3 atom stereocenters. The Balaban J connectivity index is 1.59. The zero-order valence-corrected chi connectivity index (χ0v) is 13.4. The van der Waals surface area contributed by atoms with E-state index < -0.39 is 0 Å². The van der Waals surface area contributed by atoms with Crippen molar-refractivity contribution in [2.75, 3.05) is 0 Å². The van der Waals surface area contributed by atoms with Crippen LogP contribution in [0.3, 0.4) is 0 Å². The molecule has 1 saturated carbocycles. The molecule has 2 aromatic rings. The number of carbonyl (C=O) groups excluding carboxylic acids is 1. The second-order valence-electron chi connectivity index (χ2n) is 5.49. The van der Waals surface area contributed by atoms with Gasteiger partial charge in [0.2, 0.25) is 5.91 Å².